The summed E-state index contributed by atoms with van der Waals surface area (Å²) in [5.41, 5.74) is 1.52. The van der Waals surface area contributed by atoms with Gasteiger partial charge >= 0.3 is 0 Å². The lowest BCUT2D eigenvalue weighted by molar-refractivity contribution is 0.556. The fourth-order valence-electron chi connectivity index (χ4n) is 1.91. The normalized spacial score (nSPS) is 13.5. The van der Waals surface area contributed by atoms with Crippen molar-refractivity contribution in [3.05, 3.63) is 50.7 Å². The molecule has 0 radical (unpaired) electrons. The predicted molar refractivity (Wildman–Crippen MR) is 83.1 cm³/mol. The van der Waals surface area contributed by atoms with Crippen LogP contribution in [-0.4, -0.2) is 12.0 Å². The summed E-state index contributed by atoms with van der Waals surface area (Å²) in [6.45, 7) is 6.33. The molecule has 0 amide bonds. The molecule has 0 aliphatic rings. The lowest BCUT2D eigenvalue weighted by Crippen LogP contribution is -2.20. The minimum absolute atomic E-state index is 0.0140. The van der Waals surface area contributed by atoms with E-state index < -0.39 is 0 Å². The molecule has 0 saturated carbocycles. The van der Waals surface area contributed by atoms with Gasteiger partial charge in [0.1, 0.15) is 10.8 Å². The summed E-state index contributed by atoms with van der Waals surface area (Å²) in [7, 11) is 1.79. The highest BCUT2D eigenvalue weighted by molar-refractivity contribution is 7.09. The van der Waals surface area contributed by atoms with Gasteiger partial charge in [0.05, 0.1) is 11.7 Å². The van der Waals surface area contributed by atoms with E-state index in [-0.39, 0.29) is 17.3 Å². The molecule has 0 aliphatic heterocycles. The molecule has 108 valence electrons. The Hall–Kier alpha value is -0.970. The van der Waals surface area contributed by atoms with Crippen molar-refractivity contribution in [1.29, 1.82) is 0 Å². The Balaban J connectivity index is 2.42. The van der Waals surface area contributed by atoms with E-state index in [4.69, 9.17) is 11.6 Å². The van der Waals surface area contributed by atoms with E-state index in [1.165, 1.54) is 17.4 Å². The fourth-order valence-corrected chi connectivity index (χ4v) is 3.26. The first-order chi connectivity index (χ1) is 9.32. The number of nitrogens with zero attached hydrogens (tertiary/aromatic N) is 1. The van der Waals surface area contributed by atoms with Gasteiger partial charge in [-0.2, -0.15) is 0 Å². The Morgan fingerprint density at radius 1 is 1.35 bits per heavy atom. The van der Waals surface area contributed by atoms with Crippen LogP contribution in [0.3, 0.4) is 0 Å². The highest BCUT2D eigenvalue weighted by atomic mass is 35.5. The predicted octanol–water partition coefficient (Wildman–Crippen LogP) is 4.54. The van der Waals surface area contributed by atoms with Gasteiger partial charge in [0.2, 0.25) is 0 Å². The first kappa shape index (κ1) is 15.4. The lowest BCUT2D eigenvalue weighted by atomic mass is 9.93. The van der Waals surface area contributed by atoms with Crippen molar-refractivity contribution in [1.82, 2.24) is 10.3 Å². The van der Waals surface area contributed by atoms with Gasteiger partial charge in [-0.05, 0) is 25.2 Å². The smallest absolute Gasteiger partial charge is 0.128 e. The molecule has 0 bridgehead atoms. The third-order valence-corrected chi connectivity index (χ3v) is 4.24. The number of aromatic nitrogens is 1. The summed E-state index contributed by atoms with van der Waals surface area (Å²) in [5.74, 6) is -0.277. The second-order valence-electron chi connectivity index (χ2n) is 5.71. The monoisotopic (exact) mass is 312 g/mol. The zero-order valence-corrected chi connectivity index (χ0v) is 13.6. The van der Waals surface area contributed by atoms with Crippen LogP contribution in [0, 0.1) is 5.82 Å². The fraction of sp³-hybridized carbons (Fsp3) is 0.400. The highest BCUT2D eigenvalue weighted by Gasteiger charge is 2.23. The van der Waals surface area contributed by atoms with Crippen LogP contribution in [0.4, 0.5) is 4.39 Å². The number of rotatable bonds is 3. The van der Waals surface area contributed by atoms with Crippen LogP contribution < -0.4 is 5.32 Å². The molecule has 1 atom stereocenters. The van der Waals surface area contributed by atoms with Crippen LogP contribution in [0.25, 0.3) is 0 Å². The van der Waals surface area contributed by atoms with Gasteiger partial charge in [0.25, 0.3) is 0 Å². The van der Waals surface area contributed by atoms with Crippen molar-refractivity contribution in [2.45, 2.75) is 32.2 Å². The lowest BCUT2D eigenvalue weighted by Gasteiger charge is -2.17. The van der Waals surface area contributed by atoms with Gasteiger partial charge in [0.15, 0.2) is 0 Å². The maximum absolute atomic E-state index is 14.0. The van der Waals surface area contributed by atoms with Crippen molar-refractivity contribution in [2.75, 3.05) is 7.05 Å². The molecule has 5 heteroatoms. The summed E-state index contributed by atoms with van der Waals surface area (Å²) < 4.78 is 14.0. The van der Waals surface area contributed by atoms with E-state index in [0.717, 1.165) is 10.7 Å². The van der Waals surface area contributed by atoms with Crippen LogP contribution in [0.2, 0.25) is 5.02 Å². The molecule has 1 aromatic carbocycles. The van der Waals surface area contributed by atoms with E-state index in [0.29, 0.717) is 10.6 Å². The molecule has 2 rings (SSSR count). The molecule has 1 unspecified atom stereocenters. The molecule has 20 heavy (non-hydrogen) atoms. The highest BCUT2D eigenvalue weighted by Crippen LogP contribution is 2.31. The van der Waals surface area contributed by atoms with Gasteiger partial charge in [-0.25, -0.2) is 9.37 Å². The summed E-state index contributed by atoms with van der Waals surface area (Å²) in [6.07, 6.45) is 0. The third-order valence-electron chi connectivity index (χ3n) is 3.10. The van der Waals surface area contributed by atoms with Gasteiger partial charge in [-0.15, -0.1) is 11.3 Å². The van der Waals surface area contributed by atoms with E-state index in [2.05, 4.69) is 31.1 Å². The van der Waals surface area contributed by atoms with Crippen LogP contribution in [-0.2, 0) is 5.41 Å². The molecule has 0 spiro atoms. The number of hydrogen-bond donors (Lipinski definition) is 1. The van der Waals surface area contributed by atoms with Crippen LogP contribution in [0.1, 0.15) is 43.1 Å². The van der Waals surface area contributed by atoms with E-state index in [9.17, 15) is 4.39 Å². The Morgan fingerprint density at radius 3 is 2.60 bits per heavy atom. The van der Waals surface area contributed by atoms with Gasteiger partial charge in [-0.3, -0.25) is 0 Å². The Kier molecular flexibility index (Phi) is 4.47. The molecule has 0 fully saturated rings. The topological polar surface area (TPSA) is 24.9 Å². The van der Waals surface area contributed by atoms with Crippen molar-refractivity contribution in [3.63, 3.8) is 0 Å². The summed E-state index contributed by atoms with van der Waals surface area (Å²) in [5, 5.41) is 6.51. The minimum atomic E-state index is -0.283. The summed E-state index contributed by atoms with van der Waals surface area (Å²) in [4.78, 5) is 4.65. The molecular formula is C15H18ClFN2S. The SMILES string of the molecule is CNC(c1nc(C(C)(C)C)cs1)c1cc(Cl)ccc1F. The molecular weight excluding hydrogens is 295 g/mol. The zero-order chi connectivity index (χ0) is 14.9. The Bertz CT molecular complexity index is 604. The maximum atomic E-state index is 14.0. The third kappa shape index (κ3) is 3.19. The van der Waals surface area contributed by atoms with E-state index >= 15 is 0 Å². The first-order valence-corrected chi connectivity index (χ1v) is 7.67. The molecule has 2 nitrogen and oxygen atoms in total. The van der Waals surface area contributed by atoms with Gasteiger partial charge in [0, 0.05) is 21.4 Å². The molecule has 2 aromatic rings. The van der Waals surface area contributed by atoms with E-state index in [1.54, 1.807) is 19.2 Å². The minimum Gasteiger partial charge on any atom is -0.307 e. The standard InChI is InChI=1S/C15H18ClFN2S/c1-15(2,3)12-8-20-14(19-12)13(18-4)10-7-9(16)5-6-11(10)17/h5-8,13,18H,1-4H3. The van der Waals surface area contributed by atoms with Crippen molar-refractivity contribution >= 4 is 22.9 Å². The van der Waals surface area contributed by atoms with Crippen molar-refractivity contribution in [2.24, 2.45) is 0 Å². The molecule has 0 saturated heterocycles. The average Bonchev–Trinajstić information content (AvgIpc) is 2.84. The van der Waals surface area contributed by atoms with Crippen molar-refractivity contribution in [3.8, 4) is 0 Å². The van der Waals surface area contributed by atoms with Crippen LogP contribution in [0.15, 0.2) is 23.6 Å². The number of benzene rings is 1. The summed E-state index contributed by atoms with van der Waals surface area (Å²) in [6, 6.07) is 4.31. The Morgan fingerprint density at radius 2 is 2.05 bits per heavy atom. The van der Waals surface area contributed by atoms with Gasteiger partial charge < -0.3 is 5.32 Å². The second kappa shape index (κ2) is 5.80. The number of halogens is 2. The quantitative estimate of drug-likeness (QED) is 0.900. The molecule has 1 N–H and O–H groups in total. The number of nitrogens with one attached hydrogen (secondary N) is 1. The molecule has 0 aliphatic carbocycles. The van der Waals surface area contributed by atoms with Crippen molar-refractivity contribution < 1.29 is 4.39 Å². The number of thiazole rings is 1. The molecule has 1 heterocycles. The van der Waals surface area contributed by atoms with Gasteiger partial charge in [-0.1, -0.05) is 32.4 Å². The summed E-state index contributed by atoms with van der Waals surface area (Å²) >= 11 is 7.51. The van der Waals surface area contributed by atoms with E-state index in [1.807, 2.05) is 5.38 Å². The first-order valence-electron chi connectivity index (χ1n) is 6.41. The average molecular weight is 313 g/mol. The van der Waals surface area contributed by atoms with Crippen LogP contribution in [0.5, 0.6) is 0 Å². The maximum Gasteiger partial charge on any atom is 0.128 e. The molecule has 1 aromatic heterocycles. The number of hydrogen-bond acceptors (Lipinski definition) is 3. The second-order valence-corrected chi connectivity index (χ2v) is 7.03. The Labute approximate surface area is 128 Å². The zero-order valence-electron chi connectivity index (χ0n) is 12.0. The largest absolute Gasteiger partial charge is 0.307 e. The van der Waals surface area contributed by atoms with Crippen LogP contribution >= 0.6 is 22.9 Å².